The molecule has 1 aliphatic carbocycles. The van der Waals surface area contributed by atoms with E-state index in [4.69, 9.17) is 4.74 Å². The number of rotatable bonds is 3. The zero-order valence-corrected chi connectivity index (χ0v) is 7.94. The summed E-state index contributed by atoms with van der Waals surface area (Å²) in [6.07, 6.45) is 0. The fraction of sp³-hybridized carbons (Fsp3) is 0.875. The molecule has 74 valence electrons. The van der Waals surface area contributed by atoms with Gasteiger partial charge in [-0.3, -0.25) is 14.9 Å². The number of nitrogens with zero attached hydrogens (tertiary/aromatic N) is 1. The molecule has 5 heteroatoms. The van der Waals surface area contributed by atoms with E-state index in [2.05, 4.69) is 0 Å². The summed E-state index contributed by atoms with van der Waals surface area (Å²) in [6.45, 7) is 5.38. The van der Waals surface area contributed by atoms with Gasteiger partial charge in [-0.15, -0.1) is 0 Å². The van der Waals surface area contributed by atoms with Crippen molar-refractivity contribution in [1.29, 1.82) is 0 Å². The third kappa shape index (κ3) is 1.50. The molecule has 0 aromatic heterocycles. The lowest BCUT2D eigenvalue weighted by Crippen LogP contribution is -2.13. The number of carbonyl (C=O) groups excluding carboxylic acids is 1. The fourth-order valence-corrected chi connectivity index (χ4v) is 1.67. The molecule has 5 nitrogen and oxygen atoms in total. The van der Waals surface area contributed by atoms with Crippen LogP contribution in [0.25, 0.3) is 0 Å². The third-order valence-corrected chi connectivity index (χ3v) is 2.54. The maximum absolute atomic E-state index is 11.2. The van der Waals surface area contributed by atoms with Gasteiger partial charge in [-0.25, -0.2) is 0 Å². The molecular formula is C8H13NO4. The molecule has 1 rings (SSSR count). The Hall–Kier alpha value is -1.13. The van der Waals surface area contributed by atoms with Crippen molar-refractivity contribution in [2.75, 3.05) is 6.61 Å². The summed E-state index contributed by atoms with van der Waals surface area (Å²) >= 11 is 0. The summed E-state index contributed by atoms with van der Waals surface area (Å²) < 4.78 is 4.74. The molecule has 0 radical (unpaired) electrons. The van der Waals surface area contributed by atoms with Gasteiger partial charge in [0.25, 0.3) is 0 Å². The Morgan fingerprint density at radius 2 is 2.15 bits per heavy atom. The highest BCUT2D eigenvalue weighted by Gasteiger charge is 2.72. The number of esters is 1. The molecule has 0 N–H and O–H groups in total. The van der Waals surface area contributed by atoms with Gasteiger partial charge in [0, 0.05) is 4.92 Å². The molecule has 1 aliphatic rings. The first-order chi connectivity index (χ1) is 5.92. The van der Waals surface area contributed by atoms with Crippen LogP contribution in [-0.2, 0) is 9.53 Å². The quantitative estimate of drug-likeness (QED) is 0.373. The van der Waals surface area contributed by atoms with Crippen molar-refractivity contribution >= 4 is 5.97 Å². The minimum Gasteiger partial charge on any atom is -0.466 e. The molecule has 0 saturated heterocycles. The second kappa shape index (κ2) is 2.97. The Morgan fingerprint density at radius 1 is 1.62 bits per heavy atom. The summed E-state index contributed by atoms with van der Waals surface area (Å²) in [5, 5.41) is 10.5. The zero-order valence-electron chi connectivity index (χ0n) is 7.94. The molecule has 0 heterocycles. The number of ether oxygens (including phenoxy) is 1. The van der Waals surface area contributed by atoms with E-state index < -0.39 is 28.3 Å². The van der Waals surface area contributed by atoms with Crippen LogP contribution < -0.4 is 0 Å². The van der Waals surface area contributed by atoms with Gasteiger partial charge in [0.05, 0.1) is 12.0 Å². The first kappa shape index (κ1) is 9.95. The van der Waals surface area contributed by atoms with E-state index in [-0.39, 0.29) is 6.61 Å². The van der Waals surface area contributed by atoms with Crippen LogP contribution in [0.2, 0.25) is 0 Å². The summed E-state index contributed by atoms with van der Waals surface area (Å²) in [6, 6.07) is -0.772. The summed E-state index contributed by atoms with van der Waals surface area (Å²) in [5.41, 5.74) is -0.546. The van der Waals surface area contributed by atoms with E-state index in [9.17, 15) is 14.9 Å². The van der Waals surface area contributed by atoms with Crippen LogP contribution in [0.5, 0.6) is 0 Å². The molecule has 1 saturated carbocycles. The van der Waals surface area contributed by atoms with Crippen molar-refractivity contribution < 1.29 is 14.5 Å². The SMILES string of the molecule is CCOC(=O)C1C([N+](=O)[O-])C1(C)C. The molecular weight excluding hydrogens is 174 g/mol. The van der Waals surface area contributed by atoms with Crippen LogP contribution in [0.15, 0.2) is 0 Å². The molecule has 2 unspecified atom stereocenters. The molecule has 0 bridgehead atoms. The number of carbonyl (C=O) groups is 1. The first-order valence-electron chi connectivity index (χ1n) is 4.23. The van der Waals surface area contributed by atoms with Crippen molar-refractivity contribution in [3.05, 3.63) is 10.1 Å². The van der Waals surface area contributed by atoms with Gasteiger partial charge in [0.2, 0.25) is 6.04 Å². The van der Waals surface area contributed by atoms with Gasteiger partial charge < -0.3 is 4.74 Å². The normalized spacial score (nSPS) is 29.5. The maximum atomic E-state index is 11.2. The van der Waals surface area contributed by atoms with Crippen LogP contribution in [-0.4, -0.2) is 23.5 Å². The second-order valence-electron chi connectivity index (χ2n) is 3.78. The van der Waals surface area contributed by atoms with E-state index in [0.717, 1.165) is 0 Å². The average Bonchev–Trinajstić information content (AvgIpc) is 2.54. The van der Waals surface area contributed by atoms with Gasteiger partial charge in [-0.05, 0) is 6.92 Å². The standard InChI is InChI=1S/C8H13NO4/c1-4-13-7(10)5-6(9(11)12)8(5,2)3/h5-6H,4H2,1-3H3. The Balaban J connectivity index is 2.65. The largest absolute Gasteiger partial charge is 0.466 e. The minimum absolute atomic E-state index is 0.274. The molecule has 0 aromatic carbocycles. The van der Waals surface area contributed by atoms with Crippen LogP contribution in [0, 0.1) is 21.4 Å². The summed E-state index contributed by atoms with van der Waals surface area (Å²) in [5.74, 6) is -1.02. The van der Waals surface area contributed by atoms with Gasteiger partial charge in [-0.2, -0.15) is 0 Å². The maximum Gasteiger partial charge on any atom is 0.316 e. The Morgan fingerprint density at radius 3 is 2.46 bits per heavy atom. The smallest absolute Gasteiger partial charge is 0.316 e. The van der Waals surface area contributed by atoms with Crippen LogP contribution in [0.3, 0.4) is 0 Å². The van der Waals surface area contributed by atoms with Crippen molar-refractivity contribution in [1.82, 2.24) is 0 Å². The van der Waals surface area contributed by atoms with Crippen LogP contribution >= 0.6 is 0 Å². The van der Waals surface area contributed by atoms with Crippen molar-refractivity contribution in [3.63, 3.8) is 0 Å². The first-order valence-corrected chi connectivity index (χ1v) is 4.23. The summed E-state index contributed by atoms with van der Waals surface area (Å²) in [7, 11) is 0. The highest BCUT2D eigenvalue weighted by Crippen LogP contribution is 2.54. The lowest BCUT2D eigenvalue weighted by atomic mass is 10.1. The monoisotopic (exact) mass is 187 g/mol. The zero-order chi connectivity index (χ0) is 10.2. The predicted octanol–water partition coefficient (Wildman–Crippen LogP) is 0.851. The average molecular weight is 187 g/mol. The lowest BCUT2D eigenvalue weighted by Gasteiger charge is -1.99. The van der Waals surface area contributed by atoms with Gasteiger partial charge >= 0.3 is 5.97 Å². The Labute approximate surface area is 76.2 Å². The van der Waals surface area contributed by atoms with E-state index in [1.807, 2.05) is 0 Å². The van der Waals surface area contributed by atoms with E-state index >= 15 is 0 Å². The molecule has 13 heavy (non-hydrogen) atoms. The molecule has 0 spiro atoms. The topological polar surface area (TPSA) is 69.4 Å². The minimum atomic E-state index is -0.772. The fourth-order valence-electron chi connectivity index (χ4n) is 1.67. The molecule has 2 atom stereocenters. The Bertz CT molecular complexity index is 249. The van der Waals surface area contributed by atoms with E-state index in [1.165, 1.54) is 0 Å². The third-order valence-electron chi connectivity index (χ3n) is 2.54. The molecule has 0 amide bonds. The highest BCUT2D eigenvalue weighted by molar-refractivity contribution is 5.78. The number of hydrogen-bond acceptors (Lipinski definition) is 4. The molecule has 0 aliphatic heterocycles. The Kier molecular flexibility index (Phi) is 2.28. The van der Waals surface area contributed by atoms with E-state index in [0.29, 0.717) is 0 Å². The van der Waals surface area contributed by atoms with Crippen molar-refractivity contribution in [2.45, 2.75) is 26.8 Å². The van der Waals surface area contributed by atoms with Gasteiger partial charge in [0.15, 0.2) is 0 Å². The van der Waals surface area contributed by atoms with E-state index in [1.54, 1.807) is 20.8 Å². The second-order valence-corrected chi connectivity index (χ2v) is 3.78. The van der Waals surface area contributed by atoms with Crippen LogP contribution in [0.1, 0.15) is 20.8 Å². The highest BCUT2D eigenvalue weighted by atomic mass is 16.6. The van der Waals surface area contributed by atoms with Crippen molar-refractivity contribution in [3.8, 4) is 0 Å². The predicted molar refractivity (Wildman–Crippen MR) is 44.7 cm³/mol. The lowest BCUT2D eigenvalue weighted by molar-refractivity contribution is -0.503. The molecule has 0 aromatic rings. The summed E-state index contributed by atoms with van der Waals surface area (Å²) in [4.78, 5) is 21.3. The molecule has 1 fully saturated rings. The number of hydrogen-bond donors (Lipinski definition) is 0. The van der Waals surface area contributed by atoms with Crippen LogP contribution in [0.4, 0.5) is 0 Å². The van der Waals surface area contributed by atoms with Crippen molar-refractivity contribution in [2.24, 2.45) is 11.3 Å². The number of nitro groups is 1. The van der Waals surface area contributed by atoms with Gasteiger partial charge in [0.1, 0.15) is 5.92 Å². The van der Waals surface area contributed by atoms with Gasteiger partial charge in [-0.1, -0.05) is 13.8 Å².